The molecule has 0 aliphatic carbocycles. The zero-order valence-electron chi connectivity index (χ0n) is 11.0. The average molecular weight is 319 g/mol. The van der Waals surface area contributed by atoms with Crippen LogP contribution in [0.4, 0.5) is 0 Å². The summed E-state index contributed by atoms with van der Waals surface area (Å²) < 4.78 is 1.58. The maximum Gasteiger partial charge on any atom is 0.139 e. The quantitative estimate of drug-likeness (QED) is 0.780. The molecule has 106 valence electrons. The van der Waals surface area contributed by atoms with Gasteiger partial charge in [0.15, 0.2) is 0 Å². The van der Waals surface area contributed by atoms with Gasteiger partial charge in [0.05, 0.1) is 18.0 Å². The fourth-order valence-corrected chi connectivity index (χ4v) is 2.65. The number of nitrogens with zero attached hydrogens (tertiary/aromatic N) is 2. The van der Waals surface area contributed by atoms with Gasteiger partial charge < -0.3 is 5.11 Å². The fraction of sp³-hybridized carbons (Fsp3) is 0.0625. The van der Waals surface area contributed by atoms with E-state index in [-0.39, 0.29) is 6.61 Å². The number of benzene rings is 2. The molecule has 3 rings (SSSR count). The van der Waals surface area contributed by atoms with Crippen LogP contribution in [0.3, 0.4) is 0 Å². The summed E-state index contributed by atoms with van der Waals surface area (Å²) >= 11 is 12.4. The number of aromatic nitrogens is 2. The summed E-state index contributed by atoms with van der Waals surface area (Å²) in [6, 6.07) is 16.9. The summed E-state index contributed by atoms with van der Waals surface area (Å²) in [5, 5.41) is 15.1. The molecule has 0 saturated heterocycles. The van der Waals surface area contributed by atoms with Crippen molar-refractivity contribution in [2.24, 2.45) is 0 Å². The molecule has 0 spiro atoms. The first-order valence-corrected chi connectivity index (χ1v) is 7.16. The molecule has 0 unspecified atom stereocenters. The van der Waals surface area contributed by atoms with Crippen molar-refractivity contribution in [2.45, 2.75) is 6.61 Å². The Balaban J connectivity index is 2.18. The summed E-state index contributed by atoms with van der Waals surface area (Å²) in [6.07, 6.45) is 0. The van der Waals surface area contributed by atoms with Crippen molar-refractivity contribution in [2.75, 3.05) is 0 Å². The van der Waals surface area contributed by atoms with Crippen molar-refractivity contribution < 1.29 is 5.11 Å². The highest BCUT2D eigenvalue weighted by atomic mass is 35.5. The van der Waals surface area contributed by atoms with Crippen LogP contribution in [0.5, 0.6) is 0 Å². The van der Waals surface area contributed by atoms with Gasteiger partial charge in [-0.15, -0.1) is 0 Å². The molecular weight excluding hydrogens is 307 g/mol. The number of aliphatic hydroxyl groups is 1. The van der Waals surface area contributed by atoms with Gasteiger partial charge in [-0.3, -0.25) is 0 Å². The first-order valence-electron chi connectivity index (χ1n) is 6.40. The van der Waals surface area contributed by atoms with Crippen LogP contribution in [-0.2, 0) is 6.61 Å². The monoisotopic (exact) mass is 318 g/mol. The molecule has 0 fully saturated rings. The SMILES string of the molecule is OCc1c(-c2ccccc2)nn(-c2cccc(Cl)c2)c1Cl. The Morgan fingerprint density at radius 3 is 2.43 bits per heavy atom. The van der Waals surface area contributed by atoms with Gasteiger partial charge in [0.1, 0.15) is 5.15 Å². The lowest BCUT2D eigenvalue weighted by atomic mass is 10.1. The van der Waals surface area contributed by atoms with Gasteiger partial charge in [0, 0.05) is 16.1 Å². The van der Waals surface area contributed by atoms with E-state index in [1.807, 2.05) is 42.5 Å². The highest BCUT2D eigenvalue weighted by Gasteiger charge is 2.18. The van der Waals surface area contributed by atoms with E-state index >= 15 is 0 Å². The Bertz CT molecular complexity index is 769. The van der Waals surface area contributed by atoms with Crippen LogP contribution in [0.15, 0.2) is 54.6 Å². The molecule has 0 aliphatic heterocycles. The van der Waals surface area contributed by atoms with E-state index in [1.165, 1.54) is 0 Å². The molecule has 0 amide bonds. The summed E-state index contributed by atoms with van der Waals surface area (Å²) in [6.45, 7) is -0.177. The van der Waals surface area contributed by atoms with Gasteiger partial charge in [0.25, 0.3) is 0 Å². The molecule has 0 aliphatic rings. The molecule has 3 nitrogen and oxygen atoms in total. The Kier molecular flexibility index (Phi) is 3.97. The highest BCUT2D eigenvalue weighted by Crippen LogP contribution is 2.31. The maximum absolute atomic E-state index is 9.61. The first kappa shape index (κ1) is 14.1. The predicted octanol–water partition coefficient (Wildman–Crippen LogP) is 4.34. The third kappa shape index (κ3) is 2.68. The molecule has 1 aromatic heterocycles. The minimum Gasteiger partial charge on any atom is -0.391 e. The van der Waals surface area contributed by atoms with Crippen molar-refractivity contribution in [3.63, 3.8) is 0 Å². The van der Waals surface area contributed by atoms with Gasteiger partial charge in [-0.1, -0.05) is 59.6 Å². The van der Waals surface area contributed by atoms with Crippen LogP contribution in [0.25, 0.3) is 16.9 Å². The third-order valence-corrected chi connectivity index (χ3v) is 3.80. The molecule has 1 N–H and O–H groups in total. The second-order valence-corrected chi connectivity index (χ2v) is 5.33. The van der Waals surface area contributed by atoms with Crippen molar-refractivity contribution in [1.82, 2.24) is 9.78 Å². The largest absolute Gasteiger partial charge is 0.391 e. The Morgan fingerprint density at radius 1 is 1.00 bits per heavy atom. The third-order valence-electron chi connectivity index (χ3n) is 3.18. The predicted molar refractivity (Wildman–Crippen MR) is 84.9 cm³/mol. The molecule has 0 radical (unpaired) electrons. The number of aliphatic hydroxyl groups excluding tert-OH is 1. The second kappa shape index (κ2) is 5.90. The van der Waals surface area contributed by atoms with Gasteiger partial charge in [-0.25, -0.2) is 4.68 Å². The Morgan fingerprint density at radius 2 is 1.76 bits per heavy atom. The zero-order chi connectivity index (χ0) is 14.8. The molecule has 1 heterocycles. The molecular formula is C16H12Cl2N2O. The standard InChI is InChI=1S/C16H12Cl2N2O/c17-12-7-4-8-13(9-12)20-16(18)14(10-21)15(19-20)11-5-2-1-3-6-11/h1-9,21H,10H2. The summed E-state index contributed by atoms with van der Waals surface area (Å²) in [5.41, 5.74) is 2.93. The smallest absolute Gasteiger partial charge is 0.139 e. The molecule has 3 aromatic rings. The van der Waals surface area contributed by atoms with E-state index in [0.29, 0.717) is 21.4 Å². The van der Waals surface area contributed by atoms with Crippen molar-refractivity contribution >= 4 is 23.2 Å². The number of halogens is 2. The summed E-state index contributed by atoms with van der Waals surface area (Å²) in [7, 11) is 0. The fourth-order valence-electron chi connectivity index (χ4n) is 2.18. The van der Waals surface area contributed by atoms with Gasteiger partial charge in [-0.2, -0.15) is 5.10 Å². The van der Waals surface area contributed by atoms with E-state index < -0.39 is 0 Å². The highest BCUT2D eigenvalue weighted by molar-refractivity contribution is 6.31. The van der Waals surface area contributed by atoms with Crippen LogP contribution in [0, 0.1) is 0 Å². The van der Waals surface area contributed by atoms with E-state index in [2.05, 4.69) is 5.10 Å². The number of rotatable bonds is 3. The number of hydrogen-bond donors (Lipinski definition) is 1. The van der Waals surface area contributed by atoms with Crippen LogP contribution in [0.1, 0.15) is 5.56 Å². The second-order valence-electron chi connectivity index (χ2n) is 4.53. The van der Waals surface area contributed by atoms with Gasteiger partial charge in [-0.05, 0) is 18.2 Å². The molecule has 0 saturated carbocycles. The minimum absolute atomic E-state index is 0.177. The molecule has 21 heavy (non-hydrogen) atoms. The van der Waals surface area contributed by atoms with E-state index in [0.717, 1.165) is 11.3 Å². The normalized spacial score (nSPS) is 10.8. The summed E-state index contributed by atoms with van der Waals surface area (Å²) in [4.78, 5) is 0. The van der Waals surface area contributed by atoms with Crippen LogP contribution in [0.2, 0.25) is 10.2 Å². The van der Waals surface area contributed by atoms with Gasteiger partial charge >= 0.3 is 0 Å². The Hall–Kier alpha value is -1.81. The van der Waals surface area contributed by atoms with Crippen molar-refractivity contribution in [3.8, 4) is 16.9 Å². The van der Waals surface area contributed by atoms with Gasteiger partial charge in [0.2, 0.25) is 0 Å². The lowest BCUT2D eigenvalue weighted by Gasteiger charge is -2.03. The number of hydrogen-bond acceptors (Lipinski definition) is 2. The minimum atomic E-state index is -0.177. The average Bonchev–Trinajstić information content (AvgIpc) is 2.85. The zero-order valence-corrected chi connectivity index (χ0v) is 12.5. The van der Waals surface area contributed by atoms with Crippen molar-refractivity contribution in [3.05, 3.63) is 70.3 Å². The van der Waals surface area contributed by atoms with E-state index in [1.54, 1.807) is 16.8 Å². The molecule has 0 bridgehead atoms. The van der Waals surface area contributed by atoms with E-state index in [4.69, 9.17) is 23.2 Å². The lowest BCUT2D eigenvalue weighted by Crippen LogP contribution is -1.96. The molecule has 5 heteroatoms. The summed E-state index contributed by atoms with van der Waals surface area (Å²) in [5.74, 6) is 0. The molecule has 0 atom stereocenters. The van der Waals surface area contributed by atoms with Crippen LogP contribution < -0.4 is 0 Å². The van der Waals surface area contributed by atoms with Crippen LogP contribution >= 0.6 is 23.2 Å². The first-order chi connectivity index (χ1) is 10.2. The lowest BCUT2D eigenvalue weighted by molar-refractivity contribution is 0.282. The topological polar surface area (TPSA) is 38.1 Å². The van der Waals surface area contributed by atoms with Crippen molar-refractivity contribution in [1.29, 1.82) is 0 Å². The molecule has 2 aromatic carbocycles. The maximum atomic E-state index is 9.61. The van der Waals surface area contributed by atoms with Crippen LogP contribution in [-0.4, -0.2) is 14.9 Å². The Labute approximate surface area is 132 Å². The van der Waals surface area contributed by atoms with E-state index in [9.17, 15) is 5.11 Å².